The van der Waals surface area contributed by atoms with Crippen molar-refractivity contribution in [2.24, 2.45) is 0 Å². The molecule has 5 rings (SSSR count). The van der Waals surface area contributed by atoms with E-state index in [2.05, 4.69) is 56.9 Å². The number of pyridine rings is 1. The highest BCUT2D eigenvalue weighted by molar-refractivity contribution is 5.69. The minimum Gasteiger partial charge on any atom is -0.492 e. The summed E-state index contributed by atoms with van der Waals surface area (Å²) in [6, 6.07) is 20.7. The van der Waals surface area contributed by atoms with Gasteiger partial charge in [0.1, 0.15) is 23.8 Å². The first-order valence-corrected chi connectivity index (χ1v) is 11.9. The molecule has 0 atom stereocenters. The summed E-state index contributed by atoms with van der Waals surface area (Å²) in [6.45, 7) is 9.26. The maximum Gasteiger partial charge on any atom is 0.137 e. The molecule has 0 saturated carbocycles. The molecule has 2 aromatic carbocycles. The molecule has 1 fully saturated rings. The molecule has 2 aromatic heterocycles. The summed E-state index contributed by atoms with van der Waals surface area (Å²) in [6.07, 6.45) is 4.23. The van der Waals surface area contributed by atoms with Gasteiger partial charge in [-0.05, 0) is 73.5 Å². The molecule has 0 N–H and O–H groups in total. The van der Waals surface area contributed by atoms with Crippen molar-refractivity contribution in [1.82, 2.24) is 14.3 Å². The van der Waals surface area contributed by atoms with Crippen molar-refractivity contribution in [3.8, 4) is 33.9 Å². The molecule has 4 aromatic rings. The lowest BCUT2D eigenvalue weighted by atomic mass is 10.1. The molecule has 1 aliphatic heterocycles. The van der Waals surface area contributed by atoms with E-state index in [9.17, 15) is 0 Å². The minimum absolute atomic E-state index is 0.164. The van der Waals surface area contributed by atoms with E-state index >= 15 is 0 Å². The lowest BCUT2D eigenvalue weighted by Crippen LogP contribution is -2.38. The largest absolute Gasteiger partial charge is 0.492 e. The van der Waals surface area contributed by atoms with Crippen molar-refractivity contribution in [1.29, 1.82) is 0 Å². The van der Waals surface area contributed by atoms with Crippen molar-refractivity contribution in [2.75, 3.05) is 39.5 Å². The van der Waals surface area contributed by atoms with Gasteiger partial charge < -0.3 is 14.2 Å². The Hall–Kier alpha value is -3.35. The predicted molar refractivity (Wildman–Crippen MR) is 135 cm³/mol. The van der Waals surface area contributed by atoms with Crippen LogP contribution < -0.4 is 9.47 Å². The van der Waals surface area contributed by atoms with Gasteiger partial charge in [-0.25, -0.2) is 4.98 Å². The second-order valence-corrected chi connectivity index (χ2v) is 8.81. The summed E-state index contributed by atoms with van der Waals surface area (Å²) in [5.74, 6) is 1.77. The lowest BCUT2D eigenvalue weighted by Gasteiger charge is -2.26. The van der Waals surface area contributed by atoms with Crippen LogP contribution in [-0.2, 0) is 4.74 Å². The molecule has 1 aliphatic rings. The van der Waals surface area contributed by atoms with Crippen molar-refractivity contribution in [2.45, 2.75) is 20.0 Å². The fourth-order valence-corrected chi connectivity index (χ4v) is 4.20. The smallest absolute Gasteiger partial charge is 0.137 e. The van der Waals surface area contributed by atoms with Gasteiger partial charge in [0.15, 0.2) is 0 Å². The molecule has 6 nitrogen and oxygen atoms in total. The van der Waals surface area contributed by atoms with E-state index < -0.39 is 0 Å². The molecule has 0 aliphatic carbocycles. The van der Waals surface area contributed by atoms with Crippen LogP contribution >= 0.6 is 0 Å². The zero-order valence-corrected chi connectivity index (χ0v) is 19.8. The zero-order valence-electron chi connectivity index (χ0n) is 19.8. The number of hydrogen-bond acceptors (Lipinski definition) is 5. The van der Waals surface area contributed by atoms with E-state index in [0.717, 1.165) is 72.4 Å². The molecule has 1 saturated heterocycles. The van der Waals surface area contributed by atoms with E-state index in [1.807, 2.05) is 44.3 Å². The number of imidazole rings is 1. The third kappa shape index (κ3) is 5.24. The molecule has 0 amide bonds. The van der Waals surface area contributed by atoms with E-state index in [-0.39, 0.29) is 6.10 Å². The molecule has 0 radical (unpaired) electrons. The second kappa shape index (κ2) is 10.3. The summed E-state index contributed by atoms with van der Waals surface area (Å²) in [5.41, 5.74) is 5.35. The maximum absolute atomic E-state index is 5.96. The van der Waals surface area contributed by atoms with Crippen LogP contribution in [0.15, 0.2) is 73.1 Å². The maximum atomic E-state index is 5.96. The Morgan fingerprint density at radius 1 is 0.853 bits per heavy atom. The van der Waals surface area contributed by atoms with Crippen LogP contribution in [0.3, 0.4) is 0 Å². The number of rotatable bonds is 8. The van der Waals surface area contributed by atoms with Crippen molar-refractivity contribution >= 4 is 5.65 Å². The molecule has 0 unspecified atom stereocenters. The van der Waals surface area contributed by atoms with Gasteiger partial charge in [-0.3, -0.25) is 9.30 Å². The lowest BCUT2D eigenvalue weighted by molar-refractivity contribution is 0.0322. The van der Waals surface area contributed by atoms with Gasteiger partial charge in [-0.15, -0.1) is 0 Å². The van der Waals surface area contributed by atoms with Gasteiger partial charge in [0.25, 0.3) is 0 Å². The average Bonchev–Trinajstić information content (AvgIpc) is 3.29. The van der Waals surface area contributed by atoms with E-state index in [0.29, 0.717) is 6.61 Å². The first-order valence-electron chi connectivity index (χ1n) is 11.9. The standard InChI is InChI=1S/C28H31N3O3/c1-21(2)34-26-10-3-22(4-11-26)24-7-12-28-29-19-27(31(28)20-24)23-5-8-25(9-6-23)33-18-15-30-13-16-32-17-14-30/h3-12,19-21H,13-18H2,1-2H3. The summed E-state index contributed by atoms with van der Waals surface area (Å²) in [5, 5.41) is 0. The van der Waals surface area contributed by atoms with E-state index in [4.69, 9.17) is 14.2 Å². The Labute approximate surface area is 200 Å². The minimum atomic E-state index is 0.164. The molecular formula is C28H31N3O3. The topological polar surface area (TPSA) is 48.2 Å². The SMILES string of the molecule is CC(C)Oc1ccc(-c2ccc3ncc(-c4ccc(OCCN5CCOCC5)cc4)n3c2)cc1. The summed E-state index contributed by atoms with van der Waals surface area (Å²) >= 11 is 0. The first-order chi connectivity index (χ1) is 16.7. The number of morpholine rings is 1. The van der Waals surface area contributed by atoms with Gasteiger partial charge in [0.05, 0.1) is 31.2 Å². The fraction of sp³-hybridized carbons (Fsp3) is 0.321. The number of nitrogens with zero attached hydrogens (tertiary/aromatic N) is 3. The van der Waals surface area contributed by atoms with Crippen LogP contribution in [-0.4, -0.2) is 59.8 Å². The van der Waals surface area contributed by atoms with Crippen molar-refractivity contribution < 1.29 is 14.2 Å². The molecule has 176 valence electrons. The Morgan fingerprint density at radius 2 is 1.53 bits per heavy atom. The average molecular weight is 458 g/mol. The number of benzene rings is 2. The summed E-state index contributed by atoms with van der Waals surface area (Å²) in [7, 11) is 0. The number of ether oxygens (including phenoxy) is 3. The van der Waals surface area contributed by atoms with E-state index in [1.54, 1.807) is 0 Å². The Morgan fingerprint density at radius 3 is 2.26 bits per heavy atom. The van der Waals surface area contributed by atoms with Gasteiger partial charge >= 0.3 is 0 Å². The number of aromatic nitrogens is 2. The first kappa shape index (κ1) is 22.4. The van der Waals surface area contributed by atoms with Gasteiger partial charge in [0, 0.05) is 31.4 Å². The fourth-order valence-electron chi connectivity index (χ4n) is 4.20. The van der Waals surface area contributed by atoms with Crippen LogP contribution in [0.25, 0.3) is 28.0 Å². The third-order valence-corrected chi connectivity index (χ3v) is 6.00. The van der Waals surface area contributed by atoms with Crippen molar-refractivity contribution in [3.63, 3.8) is 0 Å². The molecule has 0 spiro atoms. The normalized spacial score (nSPS) is 14.6. The van der Waals surface area contributed by atoms with Gasteiger partial charge in [0.2, 0.25) is 0 Å². The van der Waals surface area contributed by atoms with Gasteiger partial charge in [-0.2, -0.15) is 0 Å². The summed E-state index contributed by atoms with van der Waals surface area (Å²) in [4.78, 5) is 6.97. The van der Waals surface area contributed by atoms with Crippen LogP contribution in [0.2, 0.25) is 0 Å². The Balaban J connectivity index is 1.29. The molecular weight excluding hydrogens is 426 g/mol. The summed E-state index contributed by atoms with van der Waals surface area (Å²) < 4.78 is 19.3. The highest BCUT2D eigenvalue weighted by Gasteiger charge is 2.11. The highest BCUT2D eigenvalue weighted by Crippen LogP contribution is 2.28. The third-order valence-electron chi connectivity index (χ3n) is 6.00. The molecule has 0 bridgehead atoms. The van der Waals surface area contributed by atoms with Crippen LogP contribution in [0, 0.1) is 0 Å². The zero-order chi connectivity index (χ0) is 23.3. The Bertz CT molecular complexity index is 1210. The van der Waals surface area contributed by atoms with Crippen molar-refractivity contribution in [3.05, 3.63) is 73.1 Å². The quantitative estimate of drug-likeness (QED) is 0.366. The second-order valence-electron chi connectivity index (χ2n) is 8.81. The Kier molecular flexibility index (Phi) is 6.79. The molecule has 3 heterocycles. The van der Waals surface area contributed by atoms with Crippen LogP contribution in [0.4, 0.5) is 0 Å². The van der Waals surface area contributed by atoms with Crippen LogP contribution in [0.1, 0.15) is 13.8 Å². The monoisotopic (exact) mass is 457 g/mol. The van der Waals surface area contributed by atoms with E-state index in [1.165, 1.54) is 0 Å². The molecule has 34 heavy (non-hydrogen) atoms. The molecule has 6 heteroatoms. The predicted octanol–water partition coefficient (Wildman–Crippen LogP) is 5.17. The van der Waals surface area contributed by atoms with Gasteiger partial charge in [-0.1, -0.05) is 12.1 Å². The van der Waals surface area contributed by atoms with Crippen LogP contribution in [0.5, 0.6) is 11.5 Å². The number of fused-ring (bicyclic) bond motifs is 1. The number of hydrogen-bond donors (Lipinski definition) is 0. The highest BCUT2D eigenvalue weighted by atomic mass is 16.5.